The molecule has 2 rings (SSSR count). The van der Waals surface area contributed by atoms with Gasteiger partial charge >= 0.3 is 6.18 Å². The van der Waals surface area contributed by atoms with Crippen molar-refractivity contribution in [2.45, 2.75) is 6.18 Å². The molecule has 0 N–H and O–H groups in total. The van der Waals surface area contributed by atoms with Gasteiger partial charge in [0.1, 0.15) is 0 Å². The van der Waals surface area contributed by atoms with E-state index in [2.05, 4.69) is 0 Å². The molecular weight excluding hydrogens is 255 g/mol. The molecule has 1 aromatic carbocycles. The standard InChI is InChI=1S/C14H10F3NO/c15-14(16,17)12-5-3-4-11(10-12)7-8-13-6-1-2-9-18(13)19/h1-10H/b8-7+. The predicted octanol–water partition coefficient (Wildman–Crippen LogP) is 3.51. The number of hydrogen-bond donors (Lipinski definition) is 0. The fourth-order valence-corrected chi connectivity index (χ4v) is 1.57. The molecule has 0 atom stereocenters. The van der Waals surface area contributed by atoms with E-state index in [0.29, 0.717) is 16.0 Å². The molecule has 0 aliphatic rings. The van der Waals surface area contributed by atoms with E-state index in [9.17, 15) is 18.4 Å². The van der Waals surface area contributed by atoms with Gasteiger partial charge in [0.25, 0.3) is 0 Å². The van der Waals surface area contributed by atoms with Crippen molar-refractivity contribution in [1.29, 1.82) is 0 Å². The average Bonchev–Trinajstić information content (AvgIpc) is 2.37. The van der Waals surface area contributed by atoms with Crippen LogP contribution >= 0.6 is 0 Å². The van der Waals surface area contributed by atoms with Crippen molar-refractivity contribution < 1.29 is 17.9 Å². The van der Waals surface area contributed by atoms with Gasteiger partial charge in [0.2, 0.25) is 5.69 Å². The van der Waals surface area contributed by atoms with Crippen LogP contribution in [0.15, 0.2) is 48.7 Å². The van der Waals surface area contributed by atoms with Crippen molar-refractivity contribution in [1.82, 2.24) is 0 Å². The van der Waals surface area contributed by atoms with Crippen molar-refractivity contribution in [2.75, 3.05) is 0 Å². The summed E-state index contributed by atoms with van der Waals surface area (Å²) in [6.07, 6.45) is -0.0949. The lowest BCUT2D eigenvalue weighted by Gasteiger charge is -2.06. The largest absolute Gasteiger partial charge is 0.618 e. The van der Waals surface area contributed by atoms with Crippen LogP contribution in [0.25, 0.3) is 12.2 Å². The summed E-state index contributed by atoms with van der Waals surface area (Å²) in [5, 5.41) is 11.4. The van der Waals surface area contributed by atoms with Crippen LogP contribution < -0.4 is 4.73 Å². The molecule has 0 aliphatic heterocycles. The Morgan fingerprint density at radius 2 is 1.79 bits per heavy atom. The van der Waals surface area contributed by atoms with E-state index in [0.717, 1.165) is 12.1 Å². The summed E-state index contributed by atoms with van der Waals surface area (Å²) >= 11 is 0. The van der Waals surface area contributed by atoms with Crippen LogP contribution in [0.1, 0.15) is 16.8 Å². The van der Waals surface area contributed by atoms with Gasteiger partial charge in [0.05, 0.1) is 5.56 Å². The summed E-state index contributed by atoms with van der Waals surface area (Å²) < 4.78 is 38.2. The first-order valence-electron chi connectivity index (χ1n) is 5.50. The molecule has 5 heteroatoms. The fourth-order valence-electron chi connectivity index (χ4n) is 1.57. The number of halogens is 3. The van der Waals surface area contributed by atoms with E-state index in [4.69, 9.17) is 0 Å². The van der Waals surface area contributed by atoms with Gasteiger partial charge in [-0.15, -0.1) is 0 Å². The van der Waals surface area contributed by atoms with Crippen LogP contribution in [-0.2, 0) is 6.18 Å². The number of rotatable bonds is 2. The van der Waals surface area contributed by atoms with E-state index < -0.39 is 11.7 Å². The summed E-state index contributed by atoms with van der Waals surface area (Å²) in [7, 11) is 0. The first-order valence-corrected chi connectivity index (χ1v) is 5.50. The third-order valence-corrected chi connectivity index (χ3v) is 2.51. The second-order valence-electron chi connectivity index (χ2n) is 3.91. The molecule has 2 nitrogen and oxygen atoms in total. The van der Waals surface area contributed by atoms with Crippen LogP contribution in [0.2, 0.25) is 0 Å². The van der Waals surface area contributed by atoms with Gasteiger partial charge in [0, 0.05) is 18.2 Å². The highest BCUT2D eigenvalue weighted by Gasteiger charge is 2.30. The molecule has 0 saturated carbocycles. The molecule has 0 fully saturated rings. The number of aromatic nitrogens is 1. The Morgan fingerprint density at radius 1 is 1.00 bits per heavy atom. The van der Waals surface area contributed by atoms with E-state index in [1.165, 1.54) is 24.4 Å². The van der Waals surface area contributed by atoms with Crippen LogP contribution in [0.5, 0.6) is 0 Å². The number of benzene rings is 1. The zero-order valence-electron chi connectivity index (χ0n) is 9.76. The summed E-state index contributed by atoms with van der Waals surface area (Å²) in [6, 6.07) is 9.76. The van der Waals surface area contributed by atoms with Gasteiger partial charge in [-0.2, -0.15) is 17.9 Å². The van der Waals surface area contributed by atoms with Gasteiger partial charge in [-0.1, -0.05) is 12.1 Å². The molecule has 2 aromatic rings. The summed E-state index contributed by atoms with van der Waals surface area (Å²) in [6.45, 7) is 0. The SMILES string of the molecule is [O-][n+]1ccccc1/C=C/c1cccc(C(F)(F)F)c1. The van der Waals surface area contributed by atoms with Crippen molar-refractivity contribution in [3.8, 4) is 0 Å². The highest BCUT2D eigenvalue weighted by atomic mass is 19.4. The van der Waals surface area contributed by atoms with Crippen LogP contribution in [-0.4, -0.2) is 0 Å². The number of pyridine rings is 1. The molecule has 0 bridgehead atoms. The molecule has 98 valence electrons. The lowest BCUT2D eigenvalue weighted by molar-refractivity contribution is -0.607. The summed E-state index contributed by atoms with van der Waals surface area (Å²) in [5.41, 5.74) is 0.0382. The lowest BCUT2D eigenvalue weighted by atomic mass is 10.1. The topological polar surface area (TPSA) is 26.9 Å². The fraction of sp³-hybridized carbons (Fsp3) is 0.0714. The molecule has 0 unspecified atom stereocenters. The predicted molar refractivity (Wildman–Crippen MR) is 65.8 cm³/mol. The third-order valence-electron chi connectivity index (χ3n) is 2.51. The van der Waals surface area contributed by atoms with Crippen LogP contribution in [0.4, 0.5) is 13.2 Å². The van der Waals surface area contributed by atoms with E-state index in [-0.39, 0.29) is 0 Å². The number of nitrogens with zero attached hydrogens (tertiary/aromatic N) is 1. The molecule has 19 heavy (non-hydrogen) atoms. The lowest BCUT2D eigenvalue weighted by Crippen LogP contribution is -2.28. The zero-order chi connectivity index (χ0) is 13.9. The normalized spacial score (nSPS) is 11.9. The maximum Gasteiger partial charge on any atom is 0.416 e. The second-order valence-corrected chi connectivity index (χ2v) is 3.91. The maximum atomic E-state index is 12.5. The molecule has 0 radical (unpaired) electrons. The Morgan fingerprint density at radius 3 is 2.47 bits per heavy atom. The van der Waals surface area contributed by atoms with Crippen molar-refractivity contribution >= 4 is 12.2 Å². The van der Waals surface area contributed by atoms with Crippen molar-refractivity contribution in [2.24, 2.45) is 0 Å². The zero-order valence-corrected chi connectivity index (χ0v) is 9.76. The average molecular weight is 265 g/mol. The van der Waals surface area contributed by atoms with E-state index in [1.807, 2.05) is 0 Å². The molecule has 1 aromatic heterocycles. The Hall–Kier alpha value is -2.30. The Balaban J connectivity index is 2.27. The van der Waals surface area contributed by atoms with Crippen LogP contribution in [0.3, 0.4) is 0 Å². The number of alkyl halides is 3. The Kier molecular flexibility index (Phi) is 3.55. The molecule has 0 saturated heterocycles. The Bertz CT molecular complexity index is 606. The highest BCUT2D eigenvalue weighted by Crippen LogP contribution is 2.29. The summed E-state index contributed by atoms with van der Waals surface area (Å²) in [5.74, 6) is 0. The smallest absolute Gasteiger partial charge is 0.416 e. The first-order chi connectivity index (χ1) is 8.97. The van der Waals surface area contributed by atoms with E-state index in [1.54, 1.807) is 24.3 Å². The molecular formula is C14H10F3NO. The second kappa shape index (κ2) is 5.14. The molecule has 0 amide bonds. The maximum absolute atomic E-state index is 12.5. The molecule has 1 heterocycles. The van der Waals surface area contributed by atoms with Crippen molar-refractivity contribution in [3.63, 3.8) is 0 Å². The monoisotopic (exact) mass is 265 g/mol. The summed E-state index contributed by atoms with van der Waals surface area (Å²) in [4.78, 5) is 0. The van der Waals surface area contributed by atoms with Gasteiger partial charge in [-0.05, 0) is 29.8 Å². The van der Waals surface area contributed by atoms with Gasteiger partial charge in [-0.3, -0.25) is 0 Å². The quantitative estimate of drug-likeness (QED) is 0.603. The van der Waals surface area contributed by atoms with Gasteiger partial charge in [-0.25, -0.2) is 0 Å². The minimum Gasteiger partial charge on any atom is -0.618 e. The minimum atomic E-state index is -4.37. The molecule has 0 spiro atoms. The third kappa shape index (κ3) is 3.34. The van der Waals surface area contributed by atoms with Crippen molar-refractivity contribution in [3.05, 3.63) is 70.7 Å². The van der Waals surface area contributed by atoms with Crippen LogP contribution in [0, 0.1) is 5.21 Å². The van der Waals surface area contributed by atoms with Gasteiger partial charge in [0.15, 0.2) is 6.20 Å². The minimum absolute atomic E-state index is 0.361. The Labute approximate surface area is 108 Å². The highest BCUT2D eigenvalue weighted by molar-refractivity contribution is 5.67. The first kappa shape index (κ1) is 13.1. The van der Waals surface area contributed by atoms with E-state index >= 15 is 0 Å². The number of hydrogen-bond acceptors (Lipinski definition) is 1. The van der Waals surface area contributed by atoms with Gasteiger partial charge < -0.3 is 5.21 Å². The molecule has 0 aliphatic carbocycles.